The molecule has 3 amide bonds. The summed E-state index contributed by atoms with van der Waals surface area (Å²) in [6, 6.07) is 13.1. The first-order valence-corrected chi connectivity index (χ1v) is 17.5. The molecule has 8 nitrogen and oxygen atoms in total. The Morgan fingerprint density at radius 3 is 2.54 bits per heavy atom. The number of hydrogen-bond donors (Lipinski definition) is 2. The van der Waals surface area contributed by atoms with E-state index in [2.05, 4.69) is 40.3 Å². The number of piperidine rings is 1. The fourth-order valence-electron chi connectivity index (χ4n) is 7.94. The quantitative estimate of drug-likeness (QED) is 0.291. The van der Waals surface area contributed by atoms with Crippen molar-refractivity contribution in [3.8, 4) is 0 Å². The van der Waals surface area contributed by atoms with E-state index < -0.39 is 6.04 Å². The summed E-state index contributed by atoms with van der Waals surface area (Å²) >= 11 is 6.40. The van der Waals surface area contributed by atoms with Crippen molar-refractivity contribution in [2.24, 2.45) is 17.8 Å². The minimum atomic E-state index is -0.709. The van der Waals surface area contributed by atoms with Crippen molar-refractivity contribution in [2.45, 2.75) is 70.3 Å². The molecule has 9 heteroatoms. The third-order valence-corrected chi connectivity index (χ3v) is 10.5. The second-order valence-corrected chi connectivity index (χ2v) is 14.5. The third-order valence-electron chi connectivity index (χ3n) is 10.3. The summed E-state index contributed by atoms with van der Waals surface area (Å²) in [5.74, 6) is 1.02. The van der Waals surface area contributed by atoms with E-state index in [9.17, 15) is 14.4 Å². The molecular weight excluding hydrogens is 598 g/mol. The number of fused-ring (bicyclic) bond motifs is 2. The molecule has 2 N–H and O–H groups in total. The third kappa shape index (κ3) is 7.60. The van der Waals surface area contributed by atoms with Gasteiger partial charge in [0.05, 0.1) is 0 Å². The highest BCUT2D eigenvalue weighted by Crippen LogP contribution is 2.34. The van der Waals surface area contributed by atoms with Gasteiger partial charge in [-0.1, -0.05) is 42.6 Å². The van der Waals surface area contributed by atoms with Gasteiger partial charge in [-0.25, -0.2) is 0 Å². The monoisotopic (exact) mass is 645 g/mol. The minimum Gasteiger partial charge on any atom is -0.361 e. The van der Waals surface area contributed by atoms with Crippen LogP contribution in [0.5, 0.6) is 0 Å². The number of para-hydroxylation sites is 1. The summed E-state index contributed by atoms with van der Waals surface area (Å²) in [4.78, 5) is 50.3. The van der Waals surface area contributed by atoms with Crippen molar-refractivity contribution < 1.29 is 14.4 Å². The number of aromatic amines is 1. The minimum absolute atomic E-state index is 0.0932. The maximum absolute atomic E-state index is 14.5. The largest absolute Gasteiger partial charge is 0.361 e. The van der Waals surface area contributed by atoms with Crippen LogP contribution in [0.3, 0.4) is 0 Å². The first kappa shape index (κ1) is 32.6. The zero-order valence-corrected chi connectivity index (χ0v) is 28.0. The molecule has 1 saturated heterocycles. The van der Waals surface area contributed by atoms with Crippen molar-refractivity contribution in [1.29, 1.82) is 0 Å². The summed E-state index contributed by atoms with van der Waals surface area (Å²) in [6.07, 6.45) is 10.6. The Labute approximate surface area is 277 Å². The van der Waals surface area contributed by atoms with Crippen LogP contribution in [-0.2, 0) is 27.2 Å². The smallest absolute Gasteiger partial charge is 0.249 e. The van der Waals surface area contributed by atoms with Crippen molar-refractivity contribution in [3.63, 3.8) is 0 Å². The van der Waals surface area contributed by atoms with Gasteiger partial charge in [0.15, 0.2) is 0 Å². The predicted molar refractivity (Wildman–Crippen MR) is 184 cm³/mol. The molecule has 3 aliphatic rings. The number of H-pyrrole nitrogens is 1. The molecule has 2 aromatic carbocycles. The standard InChI is InChI=1S/C37H48ClN5O3/c1-41(2)23-26-19-28-20-30(38)12-13-34(28)43(24-26)37(46)33(21-29-22-39-32-10-6-5-9-31(29)32)40-35(44)14-11-25-15-17-42(18-16-25)36(45)27-7-3-4-8-27/h5-6,9-10,12-13,20,22,25-27,33,39H,3-4,7-8,11,14-19,21,23-24H2,1-2H3,(H,40,44)/t26-,33+/m0/s1. The van der Waals surface area contributed by atoms with Gasteiger partial charge >= 0.3 is 0 Å². The van der Waals surface area contributed by atoms with Crippen LogP contribution in [0.2, 0.25) is 5.02 Å². The normalized spacial score (nSPS) is 19.9. The number of nitrogens with one attached hydrogen (secondary N) is 2. The second-order valence-electron chi connectivity index (χ2n) is 14.0. The Morgan fingerprint density at radius 1 is 1.02 bits per heavy atom. The molecule has 246 valence electrons. The Morgan fingerprint density at radius 2 is 1.78 bits per heavy atom. The number of halogens is 1. The van der Waals surface area contributed by atoms with Gasteiger partial charge in [0.2, 0.25) is 17.7 Å². The molecule has 0 unspecified atom stereocenters. The molecule has 0 spiro atoms. The number of benzene rings is 2. The highest BCUT2D eigenvalue weighted by Gasteiger charge is 2.35. The first-order chi connectivity index (χ1) is 22.2. The van der Waals surface area contributed by atoms with Crippen LogP contribution in [0.15, 0.2) is 48.7 Å². The average Bonchev–Trinajstić information content (AvgIpc) is 3.73. The van der Waals surface area contributed by atoms with Gasteiger partial charge in [0, 0.05) is 72.7 Å². The van der Waals surface area contributed by atoms with Crippen molar-refractivity contribution >= 4 is 45.9 Å². The summed E-state index contributed by atoms with van der Waals surface area (Å²) < 4.78 is 0. The molecule has 2 atom stereocenters. The van der Waals surface area contributed by atoms with Crippen LogP contribution in [-0.4, -0.2) is 78.8 Å². The maximum atomic E-state index is 14.5. The van der Waals surface area contributed by atoms with Gasteiger partial charge < -0.3 is 25.0 Å². The maximum Gasteiger partial charge on any atom is 0.249 e. The molecule has 1 aromatic heterocycles. The summed E-state index contributed by atoms with van der Waals surface area (Å²) in [6.45, 7) is 3.01. The lowest BCUT2D eigenvalue weighted by molar-refractivity contribution is -0.137. The van der Waals surface area contributed by atoms with Crippen LogP contribution in [0.1, 0.15) is 62.5 Å². The van der Waals surface area contributed by atoms with Gasteiger partial charge in [0.25, 0.3) is 0 Å². The molecule has 46 heavy (non-hydrogen) atoms. The van der Waals surface area contributed by atoms with E-state index in [1.165, 1.54) is 12.8 Å². The zero-order chi connectivity index (χ0) is 32.2. The van der Waals surface area contributed by atoms with E-state index in [4.69, 9.17) is 11.6 Å². The topological polar surface area (TPSA) is 88.8 Å². The van der Waals surface area contributed by atoms with E-state index in [-0.39, 0.29) is 23.7 Å². The lowest BCUT2D eigenvalue weighted by Crippen LogP contribution is -2.53. The molecule has 2 fully saturated rings. The highest BCUT2D eigenvalue weighted by atomic mass is 35.5. The number of rotatable bonds is 10. The number of amides is 3. The summed E-state index contributed by atoms with van der Waals surface area (Å²) in [5, 5.41) is 4.89. The van der Waals surface area contributed by atoms with Crippen LogP contribution in [0.4, 0.5) is 5.69 Å². The van der Waals surface area contributed by atoms with E-state index in [0.29, 0.717) is 36.2 Å². The number of carbonyl (C=O) groups excluding carboxylic acids is 3. The molecule has 3 heterocycles. The Balaban J connectivity index is 1.15. The first-order valence-electron chi connectivity index (χ1n) is 17.1. The van der Waals surface area contributed by atoms with Gasteiger partial charge in [-0.2, -0.15) is 0 Å². The van der Waals surface area contributed by atoms with E-state index in [1.54, 1.807) is 0 Å². The van der Waals surface area contributed by atoms with E-state index >= 15 is 0 Å². The van der Waals surface area contributed by atoms with Gasteiger partial charge in [-0.3, -0.25) is 14.4 Å². The van der Waals surface area contributed by atoms with E-state index in [0.717, 1.165) is 85.9 Å². The molecule has 0 radical (unpaired) electrons. The van der Waals surface area contributed by atoms with Crippen LogP contribution in [0, 0.1) is 17.8 Å². The predicted octanol–water partition coefficient (Wildman–Crippen LogP) is 5.82. The Bertz CT molecular complexity index is 1540. The fourth-order valence-corrected chi connectivity index (χ4v) is 8.14. The van der Waals surface area contributed by atoms with Crippen molar-refractivity contribution in [2.75, 3.05) is 45.2 Å². The zero-order valence-electron chi connectivity index (χ0n) is 27.3. The van der Waals surface area contributed by atoms with Crippen LogP contribution in [0.25, 0.3) is 10.9 Å². The number of nitrogens with zero attached hydrogens (tertiary/aromatic N) is 3. The van der Waals surface area contributed by atoms with Gasteiger partial charge in [0.1, 0.15) is 6.04 Å². The lowest BCUT2D eigenvalue weighted by Gasteiger charge is -2.37. The van der Waals surface area contributed by atoms with Crippen molar-refractivity contribution in [1.82, 2.24) is 20.1 Å². The van der Waals surface area contributed by atoms with E-state index in [1.807, 2.05) is 47.5 Å². The number of hydrogen-bond acceptors (Lipinski definition) is 4. The molecule has 1 saturated carbocycles. The number of likely N-dealkylation sites (tertiary alicyclic amines) is 1. The summed E-state index contributed by atoms with van der Waals surface area (Å²) in [5.41, 5.74) is 3.96. The molecule has 0 bridgehead atoms. The van der Waals surface area contributed by atoms with Gasteiger partial charge in [-0.15, -0.1) is 0 Å². The highest BCUT2D eigenvalue weighted by molar-refractivity contribution is 6.30. The molecule has 1 aliphatic carbocycles. The van der Waals surface area contributed by atoms with Crippen LogP contribution >= 0.6 is 11.6 Å². The number of carbonyl (C=O) groups is 3. The molecular formula is C37H48ClN5O3. The van der Waals surface area contributed by atoms with Crippen molar-refractivity contribution in [3.05, 3.63) is 64.8 Å². The molecule has 6 rings (SSSR count). The average molecular weight is 646 g/mol. The molecule has 2 aliphatic heterocycles. The summed E-state index contributed by atoms with van der Waals surface area (Å²) in [7, 11) is 4.11. The fraction of sp³-hybridized carbons (Fsp3) is 0.541. The lowest BCUT2D eigenvalue weighted by atomic mass is 9.90. The number of aromatic nitrogens is 1. The molecule has 3 aromatic rings. The SMILES string of the molecule is CN(C)C[C@@H]1Cc2cc(Cl)ccc2N(C(=O)[C@@H](Cc2c[nH]c3ccccc23)NC(=O)CCC2CCN(C(=O)C3CCCC3)CC2)C1. The van der Waals surface area contributed by atoms with Crippen LogP contribution < -0.4 is 10.2 Å². The Kier molecular flexibility index (Phi) is 10.3. The Hall–Kier alpha value is -3.36. The van der Waals surface area contributed by atoms with Gasteiger partial charge in [-0.05, 0) is 99.8 Å². The second kappa shape index (κ2) is 14.6. The number of anilines is 1.